The molecule has 2 aromatic rings. The van der Waals surface area contributed by atoms with Gasteiger partial charge in [0.1, 0.15) is 0 Å². The van der Waals surface area contributed by atoms with Crippen LogP contribution in [0.3, 0.4) is 0 Å². The van der Waals surface area contributed by atoms with Crippen LogP contribution in [0.5, 0.6) is 0 Å². The molecule has 2 rings (SSSR count). The third-order valence-electron chi connectivity index (χ3n) is 3.25. The number of furan rings is 1. The minimum Gasteiger partial charge on any atom is -0.459 e. The van der Waals surface area contributed by atoms with E-state index in [9.17, 15) is 9.59 Å². The number of rotatable bonds is 6. The van der Waals surface area contributed by atoms with Crippen molar-refractivity contribution in [2.45, 2.75) is 33.2 Å². The zero-order valence-corrected chi connectivity index (χ0v) is 13.6. The lowest BCUT2D eigenvalue weighted by Gasteiger charge is -2.16. The molecule has 6 nitrogen and oxygen atoms in total. The van der Waals surface area contributed by atoms with Crippen LogP contribution in [0.25, 0.3) is 0 Å². The minimum absolute atomic E-state index is 0.0737. The van der Waals surface area contributed by atoms with E-state index in [-0.39, 0.29) is 30.0 Å². The van der Waals surface area contributed by atoms with Gasteiger partial charge in [-0.05, 0) is 25.0 Å². The van der Waals surface area contributed by atoms with Crippen LogP contribution in [0.15, 0.2) is 28.2 Å². The summed E-state index contributed by atoms with van der Waals surface area (Å²) in [6.07, 6.45) is 1.63. The van der Waals surface area contributed by atoms with Crippen LogP contribution in [0, 0.1) is 5.92 Å². The van der Waals surface area contributed by atoms with E-state index < -0.39 is 0 Å². The van der Waals surface area contributed by atoms with Gasteiger partial charge >= 0.3 is 0 Å². The lowest BCUT2D eigenvalue weighted by molar-refractivity contribution is -0.121. The number of anilines is 1. The largest absolute Gasteiger partial charge is 0.459 e. The van der Waals surface area contributed by atoms with E-state index in [4.69, 9.17) is 4.42 Å². The van der Waals surface area contributed by atoms with Crippen LogP contribution in [0.4, 0.5) is 5.13 Å². The zero-order valence-electron chi connectivity index (χ0n) is 12.8. The Hall–Kier alpha value is -2.15. The van der Waals surface area contributed by atoms with E-state index in [1.54, 1.807) is 17.5 Å². The van der Waals surface area contributed by atoms with Gasteiger partial charge in [0, 0.05) is 11.4 Å². The lowest BCUT2D eigenvalue weighted by Crippen LogP contribution is -2.37. The summed E-state index contributed by atoms with van der Waals surface area (Å²) in [6.45, 7) is 6.07. The zero-order chi connectivity index (χ0) is 16.1. The second-order valence-electron chi connectivity index (χ2n) is 5.35. The van der Waals surface area contributed by atoms with Crippen molar-refractivity contribution in [2.75, 3.05) is 5.32 Å². The molecule has 0 aromatic carbocycles. The second kappa shape index (κ2) is 7.22. The molecule has 2 heterocycles. The molecule has 1 atom stereocenters. The van der Waals surface area contributed by atoms with E-state index in [0.717, 1.165) is 0 Å². The van der Waals surface area contributed by atoms with Crippen LogP contribution in [0.2, 0.25) is 0 Å². The van der Waals surface area contributed by atoms with Crippen molar-refractivity contribution in [3.63, 3.8) is 0 Å². The molecule has 22 heavy (non-hydrogen) atoms. The number of aromatic nitrogens is 1. The molecule has 7 heteroatoms. The molecule has 118 valence electrons. The van der Waals surface area contributed by atoms with Crippen LogP contribution >= 0.6 is 11.3 Å². The molecule has 0 spiro atoms. The summed E-state index contributed by atoms with van der Waals surface area (Å²) in [5.74, 6) is 0.168. The highest BCUT2D eigenvalue weighted by molar-refractivity contribution is 7.14. The molecule has 0 radical (unpaired) electrons. The van der Waals surface area contributed by atoms with Crippen molar-refractivity contribution in [1.82, 2.24) is 10.3 Å². The maximum Gasteiger partial charge on any atom is 0.293 e. The van der Waals surface area contributed by atoms with Crippen LogP contribution < -0.4 is 10.6 Å². The lowest BCUT2D eigenvalue weighted by atomic mass is 10.1. The number of amides is 2. The Morgan fingerprint density at radius 1 is 1.36 bits per heavy atom. The van der Waals surface area contributed by atoms with Gasteiger partial charge in [0.25, 0.3) is 5.91 Å². The number of carbonyl (C=O) groups excluding carboxylic acids is 2. The first-order chi connectivity index (χ1) is 10.5. The first-order valence-corrected chi connectivity index (χ1v) is 7.92. The minimum atomic E-state index is -0.358. The maximum atomic E-state index is 11.9. The van der Waals surface area contributed by atoms with Gasteiger partial charge in [-0.15, -0.1) is 11.3 Å². The summed E-state index contributed by atoms with van der Waals surface area (Å²) >= 11 is 1.28. The molecule has 1 unspecified atom stereocenters. The molecule has 0 saturated carbocycles. The Balaban J connectivity index is 1.89. The molecule has 2 N–H and O–H groups in total. The van der Waals surface area contributed by atoms with E-state index in [2.05, 4.69) is 29.5 Å². The molecule has 0 aliphatic heterocycles. The van der Waals surface area contributed by atoms with Crippen molar-refractivity contribution in [3.05, 3.63) is 35.2 Å². The summed E-state index contributed by atoms with van der Waals surface area (Å²) < 4.78 is 5.01. The second-order valence-corrected chi connectivity index (χ2v) is 6.21. The summed E-state index contributed by atoms with van der Waals surface area (Å²) in [6, 6.07) is 3.33. The highest BCUT2D eigenvalue weighted by atomic mass is 32.1. The number of hydrogen-bond acceptors (Lipinski definition) is 5. The molecular formula is C15H19N3O3S. The van der Waals surface area contributed by atoms with Gasteiger partial charge in [-0.3, -0.25) is 14.9 Å². The van der Waals surface area contributed by atoms with E-state index in [1.807, 2.05) is 6.92 Å². The van der Waals surface area contributed by atoms with Crippen molar-refractivity contribution >= 4 is 28.3 Å². The highest BCUT2D eigenvalue weighted by Gasteiger charge is 2.14. The highest BCUT2D eigenvalue weighted by Crippen LogP contribution is 2.17. The summed E-state index contributed by atoms with van der Waals surface area (Å²) in [5, 5.41) is 7.77. The molecule has 0 aliphatic rings. The fourth-order valence-corrected chi connectivity index (χ4v) is 2.35. The van der Waals surface area contributed by atoms with Crippen molar-refractivity contribution in [2.24, 2.45) is 5.92 Å². The summed E-state index contributed by atoms with van der Waals surface area (Å²) in [7, 11) is 0. The quantitative estimate of drug-likeness (QED) is 0.857. The van der Waals surface area contributed by atoms with Gasteiger partial charge in [0.15, 0.2) is 10.9 Å². The first-order valence-electron chi connectivity index (χ1n) is 7.04. The number of carbonyl (C=O) groups is 2. The number of nitrogens with zero attached hydrogens (tertiary/aromatic N) is 1. The Morgan fingerprint density at radius 3 is 2.77 bits per heavy atom. The summed E-state index contributed by atoms with van der Waals surface area (Å²) in [5.41, 5.74) is 0.633. The van der Waals surface area contributed by atoms with Gasteiger partial charge in [-0.1, -0.05) is 13.8 Å². The van der Waals surface area contributed by atoms with Gasteiger partial charge < -0.3 is 9.73 Å². The normalized spacial score (nSPS) is 12.2. The number of nitrogens with one attached hydrogen (secondary N) is 2. The van der Waals surface area contributed by atoms with Crippen LogP contribution in [-0.2, 0) is 11.2 Å². The SMILES string of the molecule is CC(C)C(C)NC(=O)Cc1csc(NC(=O)c2ccco2)n1. The average molecular weight is 321 g/mol. The first kappa shape index (κ1) is 16.2. The van der Waals surface area contributed by atoms with Crippen LogP contribution in [0.1, 0.15) is 37.0 Å². The molecule has 0 fully saturated rings. The predicted molar refractivity (Wildman–Crippen MR) is 84.9 cm³/mol. The Morgan fingerprint density at radius 2 is 2.14 bits per heavy atom. The Bertz CT molecular complexity index is 634. The van der Waals surface area contributed by atoms with Gasteiger partial charge in [-0.25, -0.2) is 4.98 Å². The number of thiazole rings is 1. The molecular weight excluding hydrogens is 302 g/mol. The van der Waals surface area contributed by atoms with Gasteiger partial charge in [-0.2, -0.15) is 0 Å². The maximum absolute atomic E-state index is 11.9. The van der Waals surface area contributed by atoms with Crippen molar-refractivity contribution in [3.8, 4) is 0 Å². The van der Waals surface area contributed by atoms with Crippen LogP contribution in [-0.4, -0.2) is 22.8 Å². The molecule has 0 saturated heterocycles. The predicted octanol–water partition coefficient (Wildman–Crippen LogP) is 2.69. The fourth-order valence-electron chi connectivity index (χ4n) is 1.65. The van der Waals surface area contributed by atoms with E-state index in [0.29, 0.717) is 16.7 Å². The topological polar surface area (TPSA) is 84.2 Å². The third kappa shape index (κ3) is 4.42. The van der Waals surface area contributed by atoms with Gasteiger partial charge in [0.05, 0.1) is 18.4 Å². The summed E-state index contributed by atoms with van der Waals surface area (Å²) in [4.78, 5) is 27.9. The van der Waals surface area contributed by atoms with Crippen molar-refractivity contribution in [1.29, 1.82) is 0 Å². The number of hydrogen-bond donors (Lipinski definition) is 2. The average Bonchev–Trinajstić information content (AvgIpc) is 3.10. The molecule has 0 bridgehead atoms. The molecule has 2 aromatic heterocycles. The van der Waals surface area contributed by atoms with Gasteiger partial charge in [0.2, 0.25) is 5.91 Å². The van der Waals surface area contributed by atoms with E-state index in [1.165, 1.54) is 17.6 Å². The van der Waals surface area contributed by atoms with Crippen molar-refractivity contribution < 1.29 is 14.0 Å². The van der Waals surface area contributed by atoms with E-state index >= 15 is 0 Å². The molecule has 2 amide bonds. The Kier molecular flexibility index (Phi) is 5.32. The third-order valence-corrected chi connectivity index (χ3v) is 4.05. The standard InChI is InChI=1S/C15H19N3O3S/c1-9(2)10(3)16-13(19)7-11-8-22-15(17-11)18-14(20)12-5-4-6-21-12/h4-6,8-10H,7H2,1-3H3,(H,16,19)(H,17,18,20). The fraction of sp³-hybridized carbons (Fsp3) is 0.400. The monoisotopic (exact) mass is 321 g/mol. The smallest absolute Gasteiger partial charge is 0.293 e. The Labute approximate surface area is 132 Å². The molecule has 0 aliphatic carbocycles.